The molecular weight excluding hydrogens is 465 g/mol. The van der Waals surface area contributed by atoms with Gasteiger partial charge in [-0.05, 0) is 90.3 Å². The maximum absolute atomic E-state index is 13.7. The summed E-state index contributed by atoms with van der Waals surface area (Å²) in [6.45, 7) is 4.55. The molecule has 0 radical (unpaired) electrons. The standard InChI is InChI=1S/C26H28BrF3O/c1-15-10-17-12-16(2)24(20(11-15)13-17)25(18-4-7-21(31-3)8-5-18)19-6-9-23(27)22(14-19)26(28,29)30/h4-9,14-17,20H,10-13H2,1-3H3/b25-24+. The quantitative estimate of drug-likeness (QED) is 0.417. The van der Waals surface area contributed by atoms with E-state index in [1.165, 1.54) is 24.1 Å². The molecule has 4 rings (SSSR count). The van der Waals surface area contributed by atoms with Crippen molar-refractivity contribution in [3.63, 3.8) is 0 Å². The molecule has 5 heteroatoms. The highest BCUT2D eigenvalue weighted by molar-refractivity contribution is 9.10. The smallest absolute Gasteiger partial charge is 0.417 e. The highest BCUT2D eigenvalue weighted by atomic mass is 79.9. The maximum atomic E-state index is 13.7. The highest BCUT2D eigenvalue weighted by Crippen LogP contribution is 2.51. The zero-order valence-corrected chi connectivity index (χ0v) is 19.7. The van der Waals surface area contributed by atoms with Gasteiger partial charge in [0, 0.05) is 4.47 Å². The predicted octanol–water partition coefficient (Wildman–Crippen LogP) is 8.37. The van der Waals surface area contributed by atoms with Gasteiger partial charge >= 0.3 is 6.18 Å². The summed E-state index contributed by atoms with van der Waals surface area (Å²) in [6.07, 6.45) is 0.221. The van der Waals surface area contributed by atoms with Crippen molar-refractivity contribution in [1.82, 2.24) is 0 Å². The van der Waals surface area contributed by atoms with Gasteiger partial charge in [-0.15, -0.1) is 0 Å². The van der Waals surface area contributed by atoms with Crippen molar-refractivity contribution < 1.29 is 17.9 Å². The Hall–Kier alpha value is -1.75. The van der Waals surface area contributed by atoms with Crippen LogP contribution in [0.3, 0.4) is 0 Å². The second kappa shape index (κ2) is 8.65. The fourth-order valence-corrected chi connectivity index (χ4v) is 6.30. The average molecular weight is 493 g/mol. The van der Waals surface area contributed by atoms with Crippen LogP contribution in [0.25, 0.3) is 5.57 Å². The molecule has 4 atom stereocenters. The summed E-state index contributed by atoms with van der Waals surface area (Å²) < 4.78 is 46.5. The molecule has 31 heavy (non-hydrogen) atoms. The van der Waals surface area contributed by atoms with Gasteiger partial charge in [0.05, 0.1) is 12.7 Å². The van der Waals surface area contributed by atoms with Gasteiger partial charge in [0.2, 0.25) is 0 Å². The third-order valence-corrected chi connectivity index (χ3v) is 7.62. The highest BCUT2D eigenvalue weighted by Gasteiger charge is 2.39. The molecule has 2 fully saturated rings. The van der Waals surface area contributed by atoms with E-state index in [1.807, 2.05) is 30.3 Å². The van der Waals surface area contributed by atoms with Crippen LogP contribution in [0.5, 0.6) is 5.75 Å². The van der Waals surface area contributed by atoms with Gasteiger partial charge < -0.3 is 4.74 Å². The zero-order chi connectivity index (χ0) is 22.3. The van der Waals surface area contributed by atoms with Gasteiger partial charge in [0.15, 0.2) is 0 Å². The Bertz CT molecular complexity index is 973. The minimum atomic E-state index is -4.41. The van der Waals surface area contributed by atoms with E-state index in [1.54, 1.807) is 7.11 Å². The van der Waals surface area contributed by atoms with E-state index in [9.17, 15) is 13.2 Å². The summed E-state index contributed by atoms with van der Waals surface area (Å²) in [5.74, 6) is 2.89. The molecule has 0 spiro atoms. The number of rotatable bonds is 3. The Balaban J connectivity index is 1.93. The van der Waals surface area contributed by atoms with E-state index in [-0.39, 0.29) is 4.47 Å². The SMILES string of the molecule is COc1ccc(/C(=C2/C(C)CC3CC(C)CC2C3)c2ccc(Br)c(C(F)(F)F)c2)cc1. The minimum Gasteiger partial charge on any atom is -0.497 e. The number of ether oxygens (including phenoxy) is 1. The number of hydrogen-bond acceptors (Lipinski definition) is 1. The molecule has 2 bridgehead atoms. The molecule has 4 unspecified atom stereocenters. The summed E-state index contributed by atoms with van der Waals surface area (Å²) in [4.78, 5) is 0. The first-order chi connectivity index (χ1) is 14.7. The third-order valence-electron chi connectivity index (χ3n) is 6.93. The van der Waals surface area contributed by atoms with Crippen molar-refractivity contribution in [3.8, 4) is 5.75 Å². The van der Waals surface area contributed by atoms with Crippen LogP contribution in [0, 0.1) is 23.7 Å². The average Bonchev–Trinajstić information content (AvgIpc) is 2.70. The Labute approximate surface area is 190 Å². The van der Waals surface area contributed by atoms with Gasteiger partial charge in [0.1, 0.15) is 5.75 Å². The molecule has 2 aliphatic carbocycles. The first-order valence-electron chi connectivity index (χ1n) is 10.9. The van der Waals surface area contributed by atoms with Crippen LogP contribution < -0.4 is 4.74 Å². The van der Waals surface area contributed by atoms with E-state index in [0.29, 0.717) is 23.3 Å². The zero-order valence-electron chi connectivity index (χ0n) is 18.1. The molecule has 2 aliphatic rings. The summed E-state index contributed by atoms with van der Waals surface area (Å²) in [6, 6.07) is 12.4. The van der Waals surface area contributed by atoms with E-state index >= 15 is 0 Å². The monoisotopic (exact) mass is 492 g/mol. The van der Waals surface area contributed by atoms with E-state index in [0.717, 1.165) is 42.1 Å². The molecule has 1 nitrogen and oxygen atoms in total. The lowest BCUT2D eigenvalue weighted by Gasteiger charge is -2.44. The molecule has 166 valence electrons. The summed E-state index contributed by atoms with van der Waals surface area (Å²) in [5, 5.41) is 0. The third kappa shape index (κ3) is 4.57. The number of alkyl halides is 3. The van der Waals surface area contributed by atoms with Crippen molar-refractivity contribution in [2.24, 2.45) is 23.7 Å². The van der Waals surface area contributed by atoms with E-state index < -0.39 is 11.7 Å². The van der Waals surface area contributed by atoms with Gasteiger partial charge in [-0.2, -0.15) is 13.2 Å². The number of fused-ring (bicyclic) bond motifs is 2. The first kappa shape index (κ1) is 22.4. The molecule has 0 N–H and O–H groups in total. The van der Waals surface area contributed by atoms with Crippen LogP contribution in [0.15, 0.2) is 52.5 Å². The molecule has 2 aromatic rings. The lowest BCUT2D eigenvalue weighted by Crippen LogP contribution is -2.32. The normalized spacial score (nSPS) is 27.7. The Kier molecular flexibility index (Phi) is 6.26. The molecular formula is C26H28BrF3O. The number of benzene rings is 2. The summed E-state index contributed by atoms with van der Waals surface area (Å²) in [7, 11) is 1.62. The number of hydrogen-bond donors (Lipinski definition) is 0. The second-order valence-corrected chi connectivity index (χ2v) is 10.1. The Morgan fingerprint density at radius 2 is 1.61 bits per heavy atom. The van der Waals surface area contributed by atoms with Crippen LogP contribution in [0.1, 0.15) is 56.2 Å². The molecule has 0 heterocycles. The van der Waals surface area contributed by atoms with Crippen LogP contribution >= 0.6 is 15.9 Å². The fraction of sp³-hybridized carbons (Fsp3) is 0.462. The topological polar surface area (TPSA) is 9.23 Å². The number of methoxy groups -OCH3 is 1. The van der Waals surface area contributed by atoms with Gasteiger partial charge in [0.25, 0.3) is 0 Å². The molecule has 2 aromatic carbocycles. The van der Waals surface area contributed by atoms with Crippen LogP contribution in [-0.2, 0) is 6.18 Å². The van der Waals surface area contributed by atoms with Crippen LogP contribution in [0.2, 0.25) is 0 Å². The van der Waals surface area contributed by atoms with Crippen molar-refractivity contribution in [3.05, 3.63) is 69.2 Å². The number of allylic oxidation sites excluding steroid dienone is 1. The lowest BCUT2D eigenvalue weighted by atomic mass is 9.61. The summed E-state index contributed by atoms with van der Waals surface area (Å²) in [5.41, 5.74) is 3.25. The number of halogens is 4. The molecule has 0 aromatic heterocycles. The van der Waals surface area contributed by atoms with Gasteiger partial charge in [-0.3, -0.25) is 0 Å². The lowest BCUT2D eigenvalue weighted by molar-refractivity contribution is -0.138. The van der Waals surface area contributed by atoms with Crippen LogP contribution in [0.4, 0.5) is 13.2 Å². The first-order valence-corrected chi connectivity index (χ1v) is 11.7. The van der Waals surface area contributed by atoms with E-state index in [4.69, 9.17) is 4.74 Å². The Morgan fingerprint density at radius 3 is 2.26 bits per heavy atom. The minimum absolute atomic E-state index is 0.0749. The van der Waals surface area contributed by atoms with Gasteiger partial charge in [-0.25, -0.2) is 0 Å². The molecule has 0 aliphatic heterocycles. The van der Waals surface area contributed by atoms with Crippen LogP contribution in [-0.4, -0.2) is 7.11 Å². The summed E-state index contributed by atoms with van der Waals surface area (Å²) >= 11 is 3.10. The Morgan fingerprint density at radius 1 is 0.935 bits per heavy atom. The molecule has 0 saturated heterocycles. The van der Waals surface area contributed by atoms with Crippen molar-refractivity contribution in [2.75, 3.05) is 7.11 Å². The van der Waals surface area contributed by atoms with Crippen molar-refractivity contribution in [1.29, 1.82) is 0 Å². The van der Waals surface area contributed by atoms with Gasteiger partial charge in [-0.1, -0.05) is 53.5 Å². The van der Waals surface area contributed by atoms with Crippen molar-refractivity contribution in [2.45, 2.75) is 45.7 Å². The second-order valence-electron chi connectivity index (χ2n) is 9.26. The fourth-order valence-electron chi connectivity index (χ4n) is 5.83. The van der Waals surface area contributed by atoms with E-state index in [2.05, 4.69) is 29.8 Å². The predicted molar refractivity (Wildman–Crippen MR) is 122 cm³/mol. The molecule has 0 amide bonds. The largest absolute Gasteiger partial charge is 0.497 e. The molecule has 2 saturated carbocycles. The van der Waals surface area contributed by atoms with Crippen molar-refractivity contribution >= 4 is 21.5 Å². The maximum Gasteiger partial charge on any atom is 0.417 e.